The molecule has 0 unspecified atom stereocenters. The number of hydrogen-bond acceptors (Lipinski definition) is 6. The Morgan fingerprint density at radius 1 is 1.23 bits per heavy atom. The van der Waals surface area contributed by atoms with Gasteiger partial charge in [-0.15, -0.1) is 11.3 Å². The average molecular weight is 340 g/mol. The number of nitro groups is 1. The van der Waals surface area contributed by atoms with Crippen molar-refractivity contribution in [2.45, 2.75) is 24.8 Å². The zero-order chi connectivity index (χ0) is 16.3. The lowest BCUT2D eigenvalue weighted by molar-refractivity contribution is -0.385. The molecule has 1 aromatic carbocycles. The largest absolute Gasteiger partial charge is 0.379 e. The van der Waals surface area contributed by atoms with Crippen LogP contribution in [0, 0.1) is 10.1 Å². The molecule has 8 heteroatoms. The first-order valence-electron chi connectivity index (χ1n) is 6.61. The molecule has 6 nitrogen and oxygen atoms in total. The second-order valence-corrected chi connectivity index (χ2v) is 8.02. The minimum absolute atomic E-state index is 0.0611. The molecule has 1 heterocycles. The van der Waals surface area contributed by atoms with Crippen LogP contribution in [-0.2, 0) is 22.8 Å². The predicted molar refractivity (Wildman–Crippen MR) is 87.2 cm³/mol. The number of non-ortho nitro benzene ring substituents is 1. The smallest absolute Gasteiger partial charge is 0.270 e. The SMILES string of the molecule is CCc1ccc(CNc2ccc([N+](=O)[O-])cc2S(C)(=O)=O)s1. The van der Waals surface area contributed by atoms with Gasteiger partial charge in [-0.25, -0.2) is 8.42 Å². The highest BCUT2D eigenvalue weighted by Crippen LogP contribution is 2.27. The fourth-order valence-corrected chi connectivity index (χ4v) is 3.74. The lowest BCUT2D eigenvalue weighted by Gasteiger charge is -2.10. The van der Waals surface area contributed by atoms with Crippen molar-refractivity contribution >= 4 is 32.5 Å². The lowest BCUT2D eigenvalue weighted by atomic mass is 10.2. The average Bonchev–Trinajstić information content (AvgIpc) is 2.91. The summed E-state index contributed by atoms with van der Waals surface area (Å²) in [6.45, 7) is 2.55. The first kappa shape index (κ1) is 16.4. The third kappa shape index (κ3) is 3.83. The molecular formula is C14H16N2O4S2. The first-order chi connectivity index (χ1) is 10.3. The lowest BCUT2D eigenvalue weighted by Crippen LogP contribution is -2.06. The second-order valence-electron chi connectivity index (χ2n) is 4.78. The van der Waals surface area contributed by atoms with Gasteiger partial charge in [0, 0.05) is 34.7 Å². The van der Waals surface area contributed by atoms with E-state index in [9.17, 15) is 18.5 Å². The molecular weight excluding hydrogens is 324 g/mol. The zero-order valence-electron chi connectivity index (χ0n) is 12.2. The number of hydrogen-bond donors (Lipinski definition) is 1. The maximum absolute atomic E-state index is 11.8. The highest BCUT2D eigenvalue weighted by atomic mass is 32.2. The van der Waals surface area contributed by atoms with Crippen molar-refractivity contribution in [2.75, 3.05) is 11.6 Å². The summed E-state index contributed by atoms with van der Waals surface area (Å²) in [6.07, 6.45) is 1.99. The molecule has 0 aliphatic rings. The number of nitrogens with one attached hydrogen (secondary N) is 1. The van der Waals surface area contributed by atoms with Crippen LogP contribution in [0.15, 0.2) is 35.2 Å². The molecule has 0 aliphatic heterocycles. The Labute approximate surface area is 132 Å². The van der Waals surface area contributed by atoms with E-state index in [1.165, 1.54) is 17.0 Å². The molecule has 0 amide bonds. The van der Waals surface area contributed by atoms with Crippen LogP contribution in [0.3, 0.4) is 0 Å². The minimum atomic E-state index is -3.56. The van der Waals surface area contributed by atoms with E-state index in [1.54, 1.807) is 11.3 Å². The zero-order valence-corrected chi connectivity index (χ0v) is 13.8. The topological polar surface area (TPSA) is 89.3 Å². The minimum Gasteiger partial charge on any atom is -0.379 e. The third-order valence-electron chi connectivity index (χ3n) is 3.09. The summed E-state index contributed by atoms with van der Waals surface area (Å²) in [6, 6.07) is 7.84. The van der Waals surface area contributed by atoms with Crippen molar-refractivity contribution in [3.63, 3.8) is 0 Å². The number of sulfone groups is 1. The van der Waals surface area contributed by atoms with E-state index >= 15 is 0 Å². The summed E-state index contributed by atoms with van der Waals surface area (Å²) >= 11 is 1.65. The molecule has 0 radical (unpaired) electrons. The van der Waals surface area contributed by atoms with Crippen LogP contribution in [-0.4, -0.2) is 19.6 Å². The summed E-state index contributed by atoms with van der Waals surface area (Å²) in [5.41, 5.74) is 0.134. The van der Waals surface area contributed by atoms with E-state index in [0.717, 1.165) is 23.6 Å². The van der Waals surface area contributed by atoms with Gasteiger partial charge in [0.2, 0.25) is 0 Å². The standard InChI is InChI=1S/C14H16N2O4S2/c1-3-11-5-6-12(21-11)9-15-13-7-4-10(16(17)18)8-14(13)22(2,19)20/h4-8,15H,3,9H2,1-2H3. The van der Waals surface area contributed by atoms with Crippen molar-refractivity contribution < 1.29 is 13.3 Å². The Morgan fingerprint density at radius 2 is 1.91 bits per heavy atom. The van der Waals surface area contributed by atoms with E-state index in [2.05, 4.69) is 12.2 Å². The molecule has 0 saturated heterocycles. The molecule has 118 valence electrons. The maximum Gasteiger partial charge on any atom is 0.270 e. The third-order valence-corrected chi connectivity index (χ3v) is 5.46. The Bertz CT molecular complexity index is 797. The van der Waals surface area contributed by atoms with Crippen molar-refractivity contribution in [3.05, 3.63) is 50.2 Å². The number of nitrogens with zero attached hydrogens (tertiary/aromatic N) is 1. The Hall–Kier alpha value is -1.93. The molecule has 0 atom stereocenters. The summed E-state index contributed by atoms with van der Waals surface area (Å²) in [4.78, 5) is 12.5. The number of rotatable bonds is 6. The van der Waals surface area contributed by atoms with Crippen molar-refractivity contribution in [3.8, 4) is 0 Å². The van der Waals surface area contributed by atoms with E-state index in [-0.39, 0.29) is 10.6 Å². The highest BCUT2D eigenvalue weighted by Gasteiger charge is 2.18. The number of nitro benzene ring substituents is 1. The van der Waals surface area contributed by atoms with Crippen LogP contribution >= 0.6 is 11.3 Å². The number of benzene rings is 1. The van der Waals surface area contributed by atoms with Crippen LogP contribution in [0.4, 0.5) is 11.4 Å². The molecule has 0 bridgehead atoms. The fraction of sp³-hybridized carbons (Fsp3) is 0.286. The van der Waals surface area contributed by atoms with Gasteiger partial charge in [0.25, 0.3) is 5.69 Å². The Morgan fingerprint density at radius 3 is 2.45 bits per heavy atom. The normalized spacial score (nSPS) is 11.4. The van der Waals surface area contributed by atoms with Gasteiger partial charge in [0.05, 0.1) is 15.5 Å². The van der Waals surface area contributed by atoms with Gasteiger partial charge in [-0.2, -0.15) is 0 Å². The molecule has 0 spiro atoms. The monoisotopic (exact) mass is 340 g/mol. The quantitative estimate of drug-likeness (QED) is 0.644. The van der Waals surface area contributed by atoms with Crippen molar-refractivity contribution in [1.29, 1.82) is 0 Å². The van der Waals surface area contributed by atoms with Gasteiger partial charge in [-0.05, 0) is 24.6 Å². The Kier molecular flexibility index (Phi) is 4.82. The molecule has 2 aromatic rings. The van der Waals surface area contributed by atoms with Gasteiger partial charge in [0.1, 0.15) is 0 Å². The van der Waals surface area contributed by atoms with E-state index in [0.29, 0.717) is 12.2 Å². The molecule has 2 rings (SSSR count). The van der Waals surface area contributed by atoms with Gasteiger partial charge in [-0.3, -0.25) is 10.1 Å². The van der Waals surface area contributed by atoms with Crippen LogP contribution in [0.25, 0.3) is 0 Å². The highest BCUT2D eigenvalue weighted by molar-refractivity contribution is 7.90. The summed E-state index contributed by atoms with van der Waals surface area (Å²) in [5.74, 6) is 0. The predicted octanol–water partition coefficient (Wildman–Crippen LogP) is 3.23. The van der Waals surface area contributed by atoms with Gasteiger partial charge < -0.3 is 5.32 Å². The van der Waals surface area contributed by atoms with Crippen LogP contribution in [0.1, 0.15) is 16.7 Å². The van der Waals surface area contributed by atoms with Gasteiger partial charge >= 0.3 is 0 Å². The summed E-state index contributed by atoms with van der Waals surface area (Å²) < 4.78 is 23.7. The molecule has 0 saturated carbocycles. The van der Waals surface area contributed by atoms with Crippen molar-refractivity contribution in [2.24, 2.45) is 0 Å². The van der Waals surface area contributed by atoms with Gasteiger partial charge in [0.15, 0.2) is 9.84 Å². The van der Waals surface area contributed by atoms with Crippen LogP contribution < -0.4 is 5.32 Å². The van der Waals surface area contributed by atoms with E-state index in [4.69, 9.17) is 0 Å². The van der Waals surface area contributed by atoms with Crippen molar-refractivity contribution in [1.82, 2.24) is 0 Å². The number of aryl methyl sites for hydroxylation is 1. The molecule has 22 heavy (non-hydrogen) atoms. The summed E-state index contributed by atoms with van der Waals surface area (Å²) in [7, 11) is -3.56. The first-order valence-corrected chi connectivity index (χ1v) is 9.32. The maximum atomic E-state index is 11.8. The van der Waals surface area contributed by atoms with E-state index < -0.39 is 14.8 Å². The molecule has 0 fully saturated rings. The fourth-order valence-electron chi connectivity index (χ4n) is 1.97. The molecule has 1 aromatic heterocycles. The Balaban J connectivity index is 2.28. The van der Waals surface area contributed by atoms with E-state index in [1.807, 2.05) is 12.1 Å². The van der Waals surface area contributed by atoms with Gasteiger partial charge in [-0.1, -0.05) is 6.92 Å². The molecule has 1 N–H and O–H groups in total. The van der Waals surface area contributed by atoms with Crippen LogP contribution in [0.5, 0.6) is 0 Å². The molecule has 0 aliphatic carbocycles. The summed E-state index contributed by atoms with van der Waals surface area (Å²) in [5, 5.41) is 13.8. The second kappa shape index (κ2) is 6.45. The number of thiophene rings is 1. The van der Waals surface area contributed by atoms with Crippen LogP contribution in [0.2, 0.25) is 0 Å². The number of anilines is 1.